The third kappa shape index (κ3) is 4.81. The Hall–Kier alpha value is -4.95. The van der Waals surface area contributed by atoms with E-state index in [1.165, 1.54) is 41.3 Å². The van der Waals surface area contributed by atoms with E-state index in [4.69, 9.17) is 4.74 Å². The zero-order chi connectivity index (χ0) is 32.6. The van der Waals surface area contributed by atoms with Gasteiger partial charge in [-0.25, -0.2) is 0 Å². The maximum atomic E-state index is 14.0. The van der Waals surface area contributed by atoms with E-state index in [-0.39, 0.29) is 69.6 Å². The van der Waals surface area contributed by atoms with E-state index in [0.717, 1.165) is 26.8 Å². The van der Waals surface area contributed by atoms with Crippen molar-refractivity contribution >= 4 is 57.9 Å². The van der Waals surface area contributed by atoms with E-state index in [1.807, 2.05) is 18.2 Å². The van der Waals surface area contributed by atoms with Crippen LogP contribution in [0.3, 0.4) is 0 Å². The number of carbonyl (C=O) groups is 3. The smallest absolute Gasteiger partial charge is 0.305 e. The maximum Gasteiger partial charge on any atom is 0.305 e. The van der Waals surface area contributed by atoms with Crippen LogP contribution in [0.25, 0.3) is 0 Å². The number of H-pyrrole nitrogens is 1. The largest absolute Gasteiger partial charge is 0.508 e. The predicted octanol–water partition coefficient (Wildman–Crippen LogP) is 4.75. The summed E-state index contributed by atoms with van der Waals surface area (Å²) in [5, 5.41) is 24.1. The lowest BCUT2D eigenvalue weighted by molar-refractivity contribution is -0.384. The van der Waals surface area contributed by atoms with Gasteiger partial charge in [0.05, 0.1) is 27.5 Å². The summed E-state index contributed by atoms with van der Waals surface area (Å²) in [6, 6.07) is 19.0. The van der Waals surface area contributed by atoms with E-state index in [2.05, 4.69) is 10.3 Å². The van der Waals surface area contributed by atoms with Gasteiger partial charge in [0.25, 0.3) is 11.6 Å². The number of nitro groups is 1. The van der Waals surface area contributed by atoms with Crippen LogP contribution < -0.4 is 19.8 Å². The van der Waals surface area contributed by atoms with Crippen LogP contribution in [-0.2, 0) is 14.4 Å². The van der Waals surface area contributed by atoms with Crippen molar-refractivity contribution in [3.05, 3.63) is 103 Å². The van der Waals surface area contributed by atoms with Gasteiger partial charge in [-0.05, 0) is 78.3 Å². The van der Waals surface area contributed by atoms with Crippen molar-refractivity contribution in [1.82, 2.24) is 4.98 Å². The molecule has 2 aliphatic heterocycles. The van der Waals surface area contributed by atoms with E-state index in [0.29, 0.717) is 23.5 Å². The minimum atomic E-state index is -0.524. The van der Waals surface area contributed by atoms with Gasteiger partial charge in [-0.3, -0.25) is 34.2 Å². The highest BCUT2D eigenvalue weighted by molar-refractivity contribution is 8.00. The Bertz CT molecular complexity index is 2010. The molecule has 14 heteroatoms. The number of aromatic hydroxyl groups is 1. The minimum absolute atomic E-state index is 0.0155. The Kier molecular flexibility index (Phi) is 6.95. The summed E-state index contributed by atoms with van der Waals surface area (Å²) in [7, 11) is 0. The van der Waals surface area contributed by atoms with Crippen molar-refractivity contribution in [2.24, 2.45) is 29.6 Å². The lowest BCUT2D eigenvalue weighted by Gasteiger charge is -2.43. The number of hydrogen-bond acceptors (Lipinski definition) is 10. The minimum Gasteiger partial charge on any atom is -0.508 e. The fraction of sp³-hybridized carbons (Fsp3) is 0.273. The number of nitro benzene ring substituents is 1. The zero-order valence-electron chi connectivity index (χ0n) is 24.4. The standard InChI is InChI=1S/C33H26N4O8S2/c38-19-10-4-16(5-11-19)34-23(39)14-45-20-3-1-2-15(12-20)24-25-21-13-22(28(25)46-30-29(24)47-33(42)35-30)27-26(21)31(40)36(32(27)41)17-6-8-18(9-7-17)37(43)44/h1-12,21-22,24-28,38H,13-14H2,(H,34,39)(H,35,42)/t21?,22?,24-,25?,26?,27?,28?/m1/s1. The molecule has 12 nitrogen and oxygen atoms in total. The first-order valence-corrected chi connectivity index (χ1v) is 16.7. The summed E-state index contributed by atoms with van der Waals surface area (Å²) in [6.45, 7) is -0.247. The number of amides is 3. The number of aromatic amines is 1. The number of nitrogens with zero attached hydrogens (tertiary/aromatic N) is 2. The molecule has 1 aromatic heterocycles. The number of phenols is 1. The Morgan fingerprint density at radius 1 is 1.02 bits per heavy atom. The van der Waals surface area contributed by atoms with Gasteiger partial charge in [-0.1, -0.05) is 23.5 Å². The molecule has 4 aliphatic rings. The summed E-state index contributed by atoms with van der Waals surface area (Å²) in [6.07, 6.45) is 0.715. The third-order valence-electron chi connectivity index (χ3n) is 9.78. The number of carbonyl (C=O) groups excluding carboxylic acids is 3. The number of phenolic OH excluding ortho intramolecular Hbond substituents is 1. The van der Waals surface area contributed by atoms with Crippen molar-refractivity contribution in [3.8, 4) is 11.5 Å². The van der Waals surface area contributed by atoms with Gasteiger partial charge >= 0.3 is 4.87 Å². The maximum absolute atomic E-state index is 14.0. The van der Waals surface area contributed by atoms with E-state index < -0.39 is 16.8 Å². The van der Waals surface area contributed by atoms with Gasteiger partial charge in [-0.2, -0.15) is 0 Å². The van der Waals surface area contributed by atoms with Crippen LogP contribution >= 0.6 is 23.1 Å². The first-order chi connectivity index (χ1) is 22.7. The van der Waals surface area contributed by atoms with Crippen LogP contribution in [0.2, 0.25) is 0 Å². The van der Waals surface area contributed by atoms with Crippen LogP contribution in [0, 0.1) is 39.7 Å². The molecular weight excluding hydrogens is 645 g/mol. The average molecular weight is 671 g/mol. The SMILES string of the molecule is O=C(COc1cccc([C@H]2c3sc(=O)[nH]c3SC3C4CC(C5C(=O)N(c6ccc([N+](=O)[O-])cc6)C(=O)C45)C32)c1)Nc1ccc(O)cc1. The lowest BCUT2D eigenvalue weighted by atomic mass is 9.68. The zero-order valence-corrected chi connectivity index (χ0v) is 26.0. The van der Waals surface area contributed by atoms with E-state index in [9.17, 15) is 34.4 Å². The molecule has 6 unspecified atom stereocenters. The second-order valence-corrected chi connectivity index (χ2v) is 14.4. The molecule has 238 valence electrons. The highest BCUT2D eigenvalue weighted by atomic mass is 32.2. The number of hydrogen-bond donors (Lipinski definition) is 3. The fourth-order valence-corrected chi connectivity index (χ4v) is 10.9. The van der Waals surface area contributed by atoms with Crippen LogP contribution in [-0.4, -0.2) is 44.6 Å². The average Bonchev–Trinajstić information content (AvgIpc) is 3.80. The molecular formula is C33H26N4O8S2. The number of thioether (sulfide) groups is 1. The number of benzene rings is 3. The van der Waals surface area contributed by atoms with E-state index >= 15 is 0 Å². The topological polar surface area (TPSA) is 172 Å². The van der Waals surface area contributed by atoms with Gasteiger partial charge < -0.3 is 20.1 Å². The molecule has 3 aromatic carbocycles. The number of aromatic nitrogens is 1. The summed E-state index contributed by atoms with van der Waals surface area (Å²) in [5.41, 5.74) is 1.62. The molecule has 2 bridgehead atoms. The Balaban J connectivity index is 1.08. The number of fused-ring (bicyclic) bond motifs is 9. The quantitative estimate of drug-likeness (QED) is 0.109. The molecule has 2 aliphatic carbocycles. The number of nitrogens with one attached hydrogen (secondary N) is 2. The predicted molar refractivity (Wildman–Crippen MR) is 173 cm³/mol. The molecule has 2 saturated carbocycles. The van der Waals surface area contributed by atoms with Crippen LogP contribution in [0.5, 0.6) is 11.5 Å². The van der Waals surface area contributed by atoms with Crippen LogP contribution in [0.4, 0.5) is 17.1 Å². The summed E-state index contributed by atoms with van der Waals surface area (Å²) in [5.74, 6) is -1.85. The number of rotatable bonds is 7. The number of thiazole rings is 1. The second-order valence-electron chi connectivity index (χ2n) is 12.2. The molecule has 47 heavy (non-hydrogen) atoms. The summed E-state index contributed by atoms with van der Waals surface area (Å²) in [4.78, 5) is 68.5. The van der Waals surface area contributed by atoms with Gasteiger partial charge in [0.15, 0.2) is 6.61 Å². The molecule has 8 rings (SSSR count). The number of anilines is 2. The monoisotopic (exact) mass is 670 g/mol. The van der Waals surface area contributed by atoms with E-state index in [1.54, 1.807) is 30.0 Å². The van der Waals surface area contributed by atoms with Gasteiger partial charge in [-0.15, -0.1) is 11.8 Å². The molecule has 0 spiro atoms. The highest BCUT2D eigenvalue weighted by Gasteiger charge is 2.69. The van der Waals surface area contributed by atoms with Crippen molar-refractivity contribution < 1.29 is 29.2 Å². The molecule has 3 fully saturated rings. The fourth-order valence-electron chi connectivity index (χ4n) is 8.06. The third-order valence-corrected chi connectivity index (χ3v) is 12.4. The van der Waals surface area contributed by atoms with Crippen LogP contribution in [0.1, 0.15) is 22.8 Å². The van der Waals surface area contributed by atoms with Crippen LogP contribution in [0.15, 0.2) is 82.6 Å². The van der Waals surface area contributed by atoms with Crippen molar-refractivity contribution in [3.63, 3.8) is 0 Å². The molecule has 3 N–H and O–H groups in total. The molecule has 1 saturated heterocycles. The molecule has 4 aromatic rings. The Morgan fingerprint density at radius 3 is 2.47 bits per heavy atom. The Labute approximate surface area is 274 Å². The van der Waals surface area contributed by atoms with Gasteiger partial charge in [0.2, 0.25) is 11.8 Å². The van der Waals surface area contributed by atoms with Crippen molar-refractivity contribution in [1.29, 1.82) is 0 Å². The lowest BCUT2D eigenvalue weighted by Crippen LogP contribution is -2.42. The molecule has 7 atom stereocenters. The first-order valence-electron chi connectivity index (χ1n) is 15.0. The molecule has 3 amide bonds. The second kappa shape index (κ2) is 11.1. The molecule has 3 heterocycles. The summed E-state index contributed by atoms with van der Waals surface area (Å²) < 4.78 is 5.87. The highest BCUT2D eigenvalue weighted by Crippen LogP contribution is 2.68. The van der Waals surface area contributed by atoms with Crippen molar-refractivity contribution in [2.45, 2.75) is 22.6 Å². The number of imide groups is 1. The Morgan fingerprint density at radius 2 is 1.74 bits per heavy atom. The molecule has 0 radical (unpaired) electrons. The van der Waals surface area contributed by atoms with Gasteiger partial charge in [0, 0.05) is 33.9 Å². The normalized spacial score (nSPS) is 26.9. The summed E-state index contributed by atoms with van der Waals surface area (Å²) >= 11 is 2.73. The first kappa shape index (κ1) is 29.5. The number of ether oxygens (including phenoxy) is 1. The van der Waals surface area contributed by atoms with Gasteiger partial charge in [0.1, 0.15) is 11.5 Å². The van der Waals surface area contributed by atoms with Crippen molar-refractivity contribution in [2.75, 3.05) is 16.8 Å². The number of non-ortho nitro benzene ring substituents is 1.